The average Bonchev–Trinajstić information content (AvgIpc) is 2.47. The zero-order valence-electron chi connectivity index (χ0n) is 12.4. The highest BCUT2D eigenvalue weighted by molar-refractivity contribution is 5.92. The van der Waals surface area contributed by atoms with Crippen LogP contribution in [0.4, 0.5) is 10.1 Å². The lowest BCUT2D eigenvalue weighted by atomic mass is 10.1. The van der Waals surface area contributed by atoms with Crippen LogP contribution in [0.15, 0.2) is 18.2 Å². The molecule has 1 rings (SSSR count). The van der Waals surface area contributed by atoms with Crippen LogP contribution in [0.1, 0.15) is 51.0 Å². The summed E-state index contributed by atoms with van der Waals surface area (Å²) in [6.45, 7) is 2.08. The van der Waals surface area contributed by atoms with Gasteiger partial charge in [-0.1, -0.05) is 38.0 Å². The van der Waals surface area contributed by atoms with E-state index in [1.165, 1.54) is 18.2 Å². The van der Waals surface area contributed by atoms with Gasteiger partial charge in [0.15, 0.2) is 0 Å². The second kappa shape index (κ2) is 9.95. The number of unbranched alkanes of at least 4 members (excludes halogenated alkanes) is 3. The van der Waals surface area contributed by atoms with Gasteiger partial charge in [-0.2, -0.15) is 0 Å². The van der Waals surface area contributed by atoms with Crippen LogP contribution in [0.3, 0.4) is 0 Å². The molecule has 0 aliphatic heterocycles. The topological polar surface area (TPSA) is 49.3 Å². The highest BCUT2D eigenvalue weighted by atomic mass is 19.1. The molecule has 0 aromatic heterocycles. The van der Waals surface area contributed by atoms with Crippen molar-refractivity contribution in [1.82, 2.24) is 0 Å². The molecule has 3 nitrogen and oxygen atoms in total. The van der Waals surface area contributed by atoms with Crippen LogP contribution >= 0.6 is 0 Å². The molecule has 1 aromatic carbocycles. The van der Waals surface area contributed by atoms with Crippen molar-refractivity contribution in [2.45, 2.75) is 45.4 Å². The SMILES string of the molecule is CCCCCCC(=O)Nc1ccc(F)cc1C#CCCO. The molecule has 114 valence electrons. The minimum atomic E-state index is -0.399. The van der Waals surface area contributed by atoms with Gasteiger partial charge in [0.1, 0.15) is 5.82 Å². The van der Waals surface area contributed by atoms with Crippen LogP contribution < -0.4 is 5.32 Å². The molecule has 0 saturated heterocycles. The van der Waals surface area contributed by atoms with E-state index >= 15 is 0 Å². The summed E-state index contributed by atoms with van der Waals surface area (Å²) in [5.74, 6) is 5.03. The Morgan fingerprint density at radius 3 is 2.86 bits per heavy atom. The summed E-state index contributed by atoms with van der Waals surface area (Å²) in [4.78, 5) is 11.8. The first-order chi connectivity index (χ1) is 10.2. The Morgan fingerprint density at radius 1 is 1.33 bits per heavy atom. The third kappa shape index (κ3) is 6.92. The molecule has 1 amide bonds. The smallest absolute Gasteiger partial charge is 0.224 e. The summed E-state index contributed by atoms with van der Waals surface area (Å²) in [6, 6.07) is 4.10. The third-order valence-electron chi connectivity index (χ3n) is 2.97. The summed E-state index contributed by atoms with van der Waals surface area (Å²) in [5.41, 5.74) is 0.952. The van der Waals surface area contributed by atoms with Crippen molar-refractivity contribution in [1.29, 1.82) is 0 Å². The highest BCUT2D eigenvalue weighted by Crippen LogP contribution is 2.17. The molecule has 0 radical (unpaired) electrons. The van der Waals surface area contributed by atoms with Crippen molar-refractivity contribution >= 4 is 11.6 Å². The zero-order chi connectivity index (χ0) is 15.5. The van der Waals surface area contributed by atoms with Crippen molar-refractivity contribution in [2.75, 3.05) is 11.9 Å². The van der Waals surface area contributed by atoms with E-state index in [9.17, 15) is 9.18 Å². The Morgan fingerprint density at radius 2 is 2.14 bits per heavy atom. The van der Waals surface area contributed by atoms with E-state index in [0.717, 1.165) is 25.7 Å². The number of carbonyl (C=O) groups is 1. The maximum Gasteiger partial charge on any atom is 0.224 e. The number of halogens is 1. The maximum absolute atomic E-state index is 13.3. The van der Waals surface area contributed by atoms with Gasteiger partial charge in [-0.15, -0.1) is 0 Å². The van der Waals surface area contributed by atoms with Gasteiger partial charge in [-0.05, 0) is 24.6 Å². The molecule has 2 N–H and O–H groups in total. The molecule has 0 unspecified atom stereocenters. The molecule has 0 saturated carbocycles. The molecule has 21 heavy (non-hydrogen) atoms. The summed E-state index contributed by atoms with van der Waals surface area (Å²) in [5, 5.41) is 11.5. The number of nitrogens with one attached hydrogen (secondary N) is 1. The van der Waals surface area contributed by atoms with Gasteiger partial charge >= 0.3 is 0 Å². The number of aliphatic hydroxyl groups is 1. The van der Waals surface area contributed by atoms with Gasteiger partial charge in [0.25, 0.3) is 0 Å². The molecule has 4 heteroatoms. The lowest BCUT2D eigenvalue weighted by Gasteiger charge is -2.07. The van der Waals surface area contributed by atoms with E-state index in [4.69, 9.17) is 5.11 Å². The van der Waals surface area contributed by atoms with Crippen LogP contribution in [0.25, 0.3) is 0 Å². The Kier molecular flexibility index (Phi) is 8.15. The van der Waals surface area contributed by atoms with Gasteiger partial charge in [0.05, 0.1) is 17.9 Å². The van der Waals surface area contributed by atoms with Gasteiger partial charge in [-0.25, -0.2) is 4.39 Å². The number of aliphatic hydroxyl groups excluding tert-OH is 1. The molecule has 0 spiro atoms. The fourth-order valence-electron chi connectivity index (χ4n) is 1.87. The summed E-state index contributed by atoms with van der Waals surface area (Å²) in [7, 11) is 0. The van der Waals surface area contributed by atoms with Gasteiger partial charge in [0, 0.05) is 12.8 Å². The molecule has 0 aliphatic rings. The first-order valence-corrected chi connectivity index (χ1v) is 7.36. The zero-order valence-corrected chi connectivity index (χ0v) is 12.4. The van der Waals surface area contributed by atoms with Crippen molar-refractivity contribution in [3.8, 4) is 11.8 Å². The molecule has 0 heterocycles. The molecule has 0 bridgehead atoms. The molecular weight excluding hydrogens is 269 g/mol. The number of hydrogen-bond acceptors (Lipinski definition) is 2. The fourth-order valence-corrected chi connectivity index (χ4v) is 1.87. The van der Waals surface area contributed by atoms with E-state index in [-0.39, 0.29) is 12.5 Å². The Balaban J connectivity index is 2.65. The van der Waals surface area contributed by atoms with Crippen LogP contribution in [0.5, 0.6) is 0 Å². The number of carbonyl (C=O) groups excluding carboxylic acids is 1. The predicted molar refractivity (Wildman–Crippen MR) is 82.4 cm³/mol. The van der Waals surface area contributed by atoms with Crippen LogP contribution in [-0.2, 0) is 4.79 Å². The lowest BCUT2D eigenvalue weighted by molar-refractivity contribution is -0.116. The molecule has 0 aliphatic carbocycles. The van der Waals surface area contributed by atoms with Crippen LogP contribution in [0.2, 0.25) is 0 Å². The number of anilines is 1. The standard InChI is InChI=1S/C17H22FNO2/c1-2-3-4-5-9-17(21)19-16-11-10-15(18)13-14(16)8-6-7-12-20/h10-11,13,20H,2-5,7,9,12H2,1H3,(H,19,21). The first kappa shape index (κ1) is 17.2. The summed E-state index contributed by atoms with van der Waals surface area (Å²) >= 11 is 0. The number of rotatable bonds is 7. The van der Waals surface area contributed by atoms with E-state index in [1.807, 2.05) is 0 Å². The van der Waals surface area contributed by atoms with Crippen LogP contribution in [0, 0.1) is 17.7 Å². The van der Waals surface area contributed by atoms with Crippen molar-refractivity contribution < 1.29 is 14.3 Å². The van der Waals surface area contributed by atoms with Gasteiger partial charge in [-0.3, -0.25) is 4.79 Å². The predicted octanol–water partition coefficient (Wildman–Crippen LogP) is 3.47. The Bertz CT molecular complexity index is 517. The third-order valence-corrected chi connectivity index (χ3v) is 2.97. The monoisotopic (exact) mass is 291 g/mol. The number of hydrogen-bond donors (Lipinski definition) is 2. The molecule has 0 atom stereocenters. The first-order valence-electron chi connectivity index (χ1n) is 7.36. The quantitative estimate of drug-likeness (QED) is 0.597. The Hall–Kier alpha value is -1.86. The van der Waals surface area contributed by atoms with Crippen molar-refractivity contribution in [3.63, 3.8) is 0 Å². The van der Waals surface area contributed by atoms with Gasteiger partial charge in [0.2, 0.25) is 5.91 Å². The minimum absolute atomic E-state index is 0.0402. The molecule has 1 aromatic rings. The largest absolute Gasteiger partial charge is 0.395 e. The number of benzene rings is 1. The number of amides is 1. The summed E-state index contributed by atoms with van der Waals surface area (Å²) in [6.07, 6.45) is 4.93. The Labute approximate surface area is 125 Å². The van der Waals surface area contributed by atoms with Crippen molar-refractivity contribution in [3.05, 3.63) is 29.6 Å². The highest BCUT2D eigenvalue weighted by Gasteiger charge is 2.06. The lowest BCUT2D eigenvalue weighted by Crippen LogP contribution is -2.12. The van der Waals surface area contributed by atoms with E-state index in [0.29, 0.717) is 24.1 Å². The second-order valence-corrected chi connectivity index (χ2v) is 4.82. The molecule has 0 fully saturated rings. The second-order valence-electron chi connectivity index (χ2n) is 4.82. The average molecular weight is 291 g/mol. The van der Waals surface area contributed by atoms with Crippen LogP contribution in [-0.4, -0.2) is 17.6 Å². The fraction of sp³-hybridized carbons (Fsp3) is 0.471. The normalized spacial score (nSPS) is 9.86. The molecular formula is C17H22FNO2. The van der Waals surface area contributed by atoms with E-state index in [1.54, 1.807) is 0 Å². The van der Waals surface area contributed by atoms with E-state index in [2.05, 4.69) is 24.1 Å². The van der Waals surface area contributed by atoms with E-state index < -0.39 is 5.82 Å². The van der Waals surface area contributed by atoms with Crippen molar-refractivity contribution in [2.24, 2.45) is 0 Å². The maximum atomic E-state index is 13.3. The van der Waals surface area contributed by atoms with Gasteiger partial charge < -0.3 is 10.4 Å². The summed E-state index contributed by atoms with van der Waals surface area (Å²) < 4.78 is 13.3. The minimum Gasteiger partial charge on any atom is -0.395 e.